The van der Waals surface area contributed by atoms with Crippen molar-refractivity contribution in [3.63, 3.8) is 0 Å². The second-order valence-corrected chi connectivity index (χ2v) is 5.13. The molecule has 1 heterocycles. The second kappa shape index (κ2) is 6.53. The van der Waals surface area contributed by atoms with Crippen molar-refractivity contribution in [1.82, 2.24) is 0 Å². The van der Waals surface area contributed by atoms with Crippen molar-refractivity contribution in [1.29, 1.82) is 0 Å². The molecule has 0 spiro atoms. The fourth-order valence-electron chi connectivity index (χ4n) is 1.65. The zero-order valence-electron chi connectivity index (χ0n) is 11.1. The maximum Gasteiger partial charge on any atom is 0.397 e. The van der Waals surface area contributed by atoms with Crippen LogP contribution in [0.25, 0.3) is 11.0 Å². The molecule has 0 fully saturated rings. The van der Waals surface area contributed by atoms with E-state index in [-0.39, 0.29) is 6.61 Å². The first kappa shape index (κ1) is 14.5. The second-order valence-electron chi connectivity index (χ2n) is 3.88. The van der Waals surface area contributed by atoms with Gasteiger partial charge < -0.3 is 13.5 Å². The highest BCUT2D eigenvalue weighted by Gasteiger charge is 2.13. The van der Waals surface area contributed by atoms with Crippen LogP contribution in [-0.2, 0) is 9.05 Å². The lowest BCUT2D eigenvalue weighted by molar-refractivity contribution is 0.259. The Morgan fingerprint density at radius 2 is 2.20 bits per heavy atom. The van der Waals surface area contributed by atoms with Gasteiger partial charge in [0, 0.05) is 24.6 Å². The number of rotatable bonds is 5. The van der Waals surface area contributed by atoms with E-state index in [9.17, 15) is 4.79 Å². The molecule has 1 aromatic carbocycles. The van der Waals surface area contributed by atoms with Gasteiger partial charge in [-0.05, 0) is 24.6 Å². The van der Waals surface area contributed by atoms with E-state index in [0.29, 0.717) is 11.3 Å². The van der Waals surface area contributed by atoms with Crippen LogP contribution in [-0.4, -0.2) is 13.7 Å². The quantitative estimate of drug-likeness (QED) is 0.481. The molecule has 2 rings (SSSR count). The summed E-state index contributed by atoms with van der Waals surface area (Å²) in [5.41, 5.74) is 0.903. The third-order valence-corrected chi connectivity index (χ3v) is 3.50. The summed E-state index contributed by atoms with van der Waals surface area (Å²) in [6, 6.07) is 6.63. The van der Waals surface area contributed by atoms with Crippen molar-refractivity contribution in [2.75, 3.05) is 13.7 Å². The largest absolute Gasteiger partial charge is 0.427 e. The first-order chi connectivity index (χ1) is 9.63. The molecule has 0 saturated carbocycles. The van der Waals surface area contributed by atoms with E-state index in [0.717, 1.165) is 10.9 Å². The van der Waals surface area contributed by atoms with Gasteiger partial charge in [-0.15, -0.1) is 6.42 Å². The lowest BCUT2D eigenvalue weighted by atomic mass is 10.1. The van der Waals surface area contributed by atoms with Crippen molar-refractivity contribution in [2.45, 2.75) is 6.92 Å². The Hall–Kier alpha value is -1.86. The van der Waals surface area contributed by atoms with Crippen LogP contribution < -0.4 is 10.1 Å². The molecule has 0 radical (unpaired) electrons. The third-order valence-electron chi connectivity index (χ3n) is 2.51. The molecule has 1 unspecified atom stereocenters. The van der Waals surface area contributed by atoms with Gasteiger partial charge >= 0.3 is 14.2 Å². The lowest BCUT2D eigenvalue weighted by Crippen LogP contribution is -1.99. The van der Waals surface area contributed by atoms with Crippen molar-refractivity contribution < 1.29 is 18.0 Å². The van der Waals surface area contributed by atoms with Crippen molar-refractivity contribution >= 4 is 19.6 Å². The molecule has 0 amide bonds. The number of terminal acetylenes is 1. The minimum Gasteiger partial charge on any atom is -0.427 e. The molecule has 6 heteroatoms. The Balaban J connectivity index is 2.27. The summed E-state index contributed by atoms with van der Waals surface area (Å²) in [6.45, 7) is 1.94. The average Bonchev–Trinajstić information content (AvgIpc) is 2.42. The molecule has 0 bridgehead atoms. The summed E-state index contributed by atoms with van der Waals surface area (Å²) >= 11 is 0. The highest BCUT2D eigenvalue weighted by Crippen LogP contribution is 2.40. The topological polar surface area (TPSA) is 57.9 Å². The van der Waals surface area contributed by atoms with E-state index in [1.165, 1.54) is 13.2 Å². The Morgan fingerprint density at radius 1 is 1.40 bits per heavy atom. The minimum absolute atomic E-state index is 0.0985. The average molecular weight is 292 g/mol. The molecule has 2 aromatic rings. The molecule has 0 saturated heterocycles. The van der Waals surface area contributed by atoms with Gasteiger partial charge in [0.15, 0.2) is 0 Å². The number of hydrogen-bond acceptors (Lipinski definition) is 5. The van der Waals surface area contributed by atoms with Gasteiger partial charge in [-0.1, -0.05) is 5.92 Å². The van der Waals surface area contributed by atoms with Gasteiger partial charge in [0.25, 0.3) is 0 Å². The highest BCUT2D eigenvalue weighted by molar-refractivity contribution is 7.42. The number of hydrogen-bond donors (Lipinski definition) is 0. The monoisotopic (exact) mass is 292 g/mol. The van der Waals surface area contributed by atoms with Gasteiger partial charge in [0.1, 0.15) is 17.9 Å². The fraction of sp³-hybridized carbons (Fsp3) is 0.214. The molecule has 5 nitrogen and oxygen atoms in total. The molecule has 104 valence electrons. The van der Waals surface area contributed by atoms with Gasteiger partial charge in [0.05, 0.1) is 0 Å². The number of benzene rings is 1. The van der Waals surface area contributed by atoms with Crippen LogP contribution in [0.3, 0.4) is 0 Å². The van der Waals surface area contributed by atoms with Crippen LogP contribution in [0, 0.1) is 19.3 Å². The summed E-state index contributed by atoms with van der Waals surface area (Å²) in [7, 11) is -0.108. The molecular formula is C14H13O5P. The fourth-order valence-corrected chi connectivity index (χ4v) is 2.35. The summed E-state index contributed by atoms with van der Waals surface area (Å²) in [6.07, 6.45) is 5.11. The van der Waals surface area contributed by atoms with E-state index >= 15 is 0 Å². The van der Waals surface area contributed by atoms with Crippen molar-refractivity contribution in [2.24, 2.45) is 0 Å². The summed E-state index contributed by atoms with van der Waals surface area (Å²) < 4.78 is 20.9. The molecule has 1 atom stereocenters. The Bertz CT molecular complexity index is 701. The van der Waals surface area contributed by atoms with E-state index < -0.39 is 14.2 Å². The van der Waals surface area contributed by atoms with Crippen molar-refractivity contribution in [3.05, 3.63) is 40.2 Å². The molecular weight excluding hydrogens is 279 g/mol. The maximum atomic E-state index is 11.4. The summed E-state index contributed by atoms with van der Waals surface area (Å²) in [4.78, 5) is 11.4. The van der Waals surface area contributed by atoms with Crippen molar-refractivity contribution in [3.8, 4) is 18.1 Å². The third kappa shape index (κ3) is 3.37. The van der Waals surface area contributed by atoms with Crippen LogP contribution in [0.2, 0.25) is 0 Å². The Kier molecular flexibility index (Phi) is 4.75. The Morgan fingerprint density at radius 3 is 2.90 bits per heavy atom. The van der Waals surface area contributed by atoms with Gasteiger partial charge in [0.2, 0.25) is 0 Å². The van der Waals surface area contributed by atoms with E-state index in [1.807, 2.05) is 13.0 Å². The lowest BCUT2D eigenvalue weighted by Gasteiger charge is -2.13. The SMILES string of the molecule is C#CCOP(OC)Oc1ccc2c(C)cc(=O)oc2c1. The smallest absolute Gasteiger partial charge is 0.397 e. The first-order valence-corrected chi connectivity index (χ1v) is 6.86. The molecule has 1 aromatic heterocycles. The van der Waals surface area contributed by atoms with Gasteiger partial charge in [-0.25, -0.2) is 4.79 Å². The van der Waals surface area contributed by atoms with Crippen LogP contribution in [0.5, 0.6) is 5.75 Å². The normalized spacial score (nSPS) is 12.1. The molecule has 0 aliphatic carbocycles. The van der Waals surface area contributed by atoms with E-state index in [4.69, 9.17) is 24.4 Å². The summed E-state index contributed by atoms with van der Waals surface area (Å²) in [5, 5.41) is 0.850. The summed E-state index contributed by atoms with van der Waals surface area (Å²) in [5.74, 6) is 2.82. The van der Waals surface area contributed by atoms with Gasteiger partial charge in [-0.2, -0.15) is 0 Å². The van der Waals surface area contributed by atoms with Gasteiger partial charge in [-0.3, -0.25) is 4.52 Å². The first-order valence-electron chi connectivity index (χ1n) is 5.77. The standard InChI is InChI=1S/C14H13O5P/c1-4-7-17-20(16-3)19-11-5-6-12-10(2)8-14(15)18-13(12)9-11/h1,5-6,8-9H,7H2,2-3H3. The minimum atomic E-state index is -1.57. The van der Waals surface area contributed by atoms with E-state index in [2.05, 4.69) is 5.92 Å². The highest BCUT2D eigenvalue weighted by atomic mass is 31.2. The maximum absolute atomic E-state index is 11.4. The van der Waals surface area contributed by atoms with Crippen LogP contribution in [0.4, 0.5) is 0 Å². The van der Waals surface area contributed by atoms with Crippen LogP contribution in [0.15, 0.2) is 33.5 Å². The van der Waals surface area contributed by atoms with E-state index in [1.54, 1.807) is 12.1 Å². The zero-order valence-corrected chi connectivity index (χ0v) is 12.0. The molecule has 0 aliphatic heterocycles. The van der Waals surface area contributed by atoms with Crippen LogP contribution in [0.1, 0.15) is 5.56 Å². The predicted molar refractivity (Wildman–Crippen MR) is 76.6 cm³/mol. The number of aryl methyl sites for hydroxylation is 1. The molecule has 20 heavy (non-hydrogen) atoms. The van der Waals surface area contributed by atoms with Crippen LogP contribution >= 0.6 is 8.60 Å². The molecule has 0 aliphatic rings. The Labute approximate surface area is 117 Å². The zero-order chi connectivity index (χ0) is 14.5. The number of fused-ring (bicyclic) bond motifs is 1. The molecule has 0 N–H and O–H groups in total. The predicted octanol–water partition coefficient (Wildman–Crippen LogP) is 3.00.